The van der Waals surface area contributed by atoms with Gasteiger partial charge in [-0.05, 0) is 0 Å². The van der Waals surface area contributed by atoms with Crippen molar-refractivity contribution in [3.8, 4) is 0 Å². The van der Waals surface area contributed by atoms with Crippen molar-refractivity contribution in [3.63, 3.8) is 0 Å². The summed E-state index contributed by atoms with van der Waals surface area (Å²) in [5.74, 6) is 0. The van der Waals surface area contributed by atoms with Gasteiger partial charge in [-0.1, -0.05) is 0 Å². The molecule has 0 saturated carbocycles. The minimum Gasteiger partial charge on any atom is -0.383 e. The van der Waals surface area contributed by atoms with Gasteiger partial charge in [0.25, 0.3) is 0 Å². The summed E-state index contributed by atoms with van der Waals surface area (Å²) in [5, 5.41) is 3.36. The fraction of sp³-hybridized carbons (Fsp3) is 1.00. The highest BCUT2D eigenvalue weighted by Crippen LogP contribution is 2.13. The number of rotatable bonds is 5. The van der Waals surface area contributed by atoms with Gasteiger partial charge in [0.15, 0.2) is 0 Å². The van der Waals surface area contributed by atoms with E-state index in [2.05, 4.69) is 13.2 Å². The van der Waals surface area contributed by atoms with Gasteiger partial charge in [-0.25, -0.2) is 0 Å². The molecule has 4 nitrogen and oxygen atoms in total. The second-order valence-electron chi connectivity index (χ2n) is 3.29. The van der Waals surface area contributed by atoms with Crippen LogP contribution in [0, 0.1) is 0 Å². The molecule has 1 rings (SSSR count). The molecule has 1 saturated heterocycles. The summed E-state index contributed by atoms with van der Waals surface area (Å²) < 4.78 is 15.7. The highest BCUT2D eigenvalue weighted by molar-refractivity contribution is 6.11. The van der Waals surface area contributed by atoms with Gasteiger partial charge < -0.3 is 19.5 Å². The Kier molecular flexibility index (Phi) is 4.73. The van der Waals surface area contributed by atoms with Crippen LogP contribution in [-0.4, -0.2) is 60.0 Å². The van der Waals surface area contributed by atoms with Gasteiger partial charge in [-0.15, -0.1) is 0 Å². The molecule has 0 aromatic heterocycles. The van der Waals surface area contributed by atoms with E-state index in [1.807, 2.05) is 0 Å². The van der Waals surface area contributed by atoms with E-state index in [9.17, 15) is 0 Å². The molecule has 1 aliphatic rings. The van der Waals surface area contributed by atoms with Gasteiger partial charge in [0.2, 0.25) is 0 Å². The first kappa shape index (κ1) is 11.0. The SMILES string of the molecule is B[C@@H]1OCC(OC)[C@H]1NCCOC. The Morgan fingerprint density at radius 2 is 2.31 bits per heavy atom. The van der Waals surface area contributed by atoms with E-state index in [1.54, 1.807) is 14.2 Å². The Hall–Kier alpha value is -0.0951. The number of nitrogens with one attached hydrogen (secondary N) is 1. The third-order valence-electron chi connectivity index (χ3n) is 2.42. The van der Waals surface area contributed by atoms with Crippen LogP contribution in [-0.2, 0) is 14.2 Å². The first-order valence-electron chi connectivity index (χ1n) is 4.66. The summed E-state index contributed by atoms with van der Waals surface area (Å²) in [6, 6.07) is 0.516. The van der Waals surface area contributed by atoms with E-state index in [0.717, 1.165) is 13.2 Å². The number of hydrogen-bond acceptors (Lipinski definition) is 4. The van der Waals surface area contributed by atoms with E-state index in [1.165, 1.54) is 0 Å². The average molecular weight is 187 g/mol. The molecule has 1 heterocycles. The predicted octanol–water partition coefficient (Wildman–Crippen LogP) is -1.40. The van der Waals surface area contributed by atoms with E-state index in [0.29, 0.717) is 12.6 Å². The van der Waals surface area contributed by atoms with Crippen molar-refractivity contribution >= 4 is 7.85 Å². The van der Waals surface area contributed by atoms with Crippen LogP contribution in [0.3, 0.4) is 0 Å². The smallest absolute Gasteiger partial charge is 0.141 e. The van der Waals surface area contributed by atoms with Crippen LogP contribution >= 0.6 is 0 Å². The summed E-state index contributed by atoms with van der Waals surface area (Å²) in [6.45, 7) is 2.25. The van der Waals surface area contributed by atoms with Gasteiger partial charge in [0.05, 0.1) is 25.4 Å². The Balaban J connectivity index is 2.27. The molecule has 0 bridgehead atoms. The number of methoxy groups -OCH3 is 2. The zero-order chi connectivity index (χ0) is 9.68. The van der Waals surface area contributed by atoms with Crippen molar-refractivity contribution < 1.29 is 14.2 Å². The van der Waals surface area contributed by atoms with Crippen LogP contribution in [0.5, 0.6) is 0 Å². The standard InChI is InChI=1S/C8H18BNO3/c1-11-4-3-10-7-6(12-2)5-13-8(7)9/h6-8,10H,3-5,9H2,1-2H3/t6?,7-,8-/m1/s1. The van der Waals surface area contributed by atoms with Gasteiger partial charge in [-0.3, -0.25) is 0 Å². The Morgan fingerprint density at radius 3 is 2.92 bits per heavy atom. The molecule has 0 spiro atoms. The topological polar surface area (TPSA) is 39.7 Å². The fourth-order valence-corrected chi connectivity index (χ4v) is 1.60. The maximum atomic E-state index is 5.47. The van der Waals surface area contributed by atoms with Crippen LogP contribution < -0.4 is 5.32 Å². The van der Waals surface area contributed by atoms with Crippen molar-refractivity contribution in [3.05, 3.63) is 0 Å². The van der Waals surface area contributed by atoms with Crippen molar-refractivity contribution in [2.75, 3.05) is 34.0 Å². The van der Waals surface area contributed by atoms with Crippen LogP contribution in [0.25, 0.3) is 0 Å². The second kappa shape index (κ2) is 5.60. The van der Waals surface area contributed by atoms with Crippen molar-refractivity contribution in [2.45, 2.75) is 18.1 Å². The number of ether oxygens (including phenoxy) is 3. The Morgan fingerprint density at radius 1 is 1.54 bits per heavy atom. The van der Waals surface area contributed by atoms with Crippen LogP contribution in [0.1, 0.15) is 0 Å². The lowest BCUT2D eigenvalue weighted by Gasteiger charge is -2.20. The zero-order valence-electron chi connectivity index (χ0n) is 8.58. The highest BCUT2D eigenvalue weighted by atomic mass is 16.5. The molecule has 1 aliphatic heterocycles. The summed E-state index contributed by atoms with van der Waals surface area (Å²) in [4.78, 5) is 0. The molecule has 76 valence electrons. The van der Waals surface area contributed by atoms with Crippen LogP contribution in [0.4, 0.5) is 0 Å². The molecule has 0 radical (unpaired) electrons. The Labute approximate surface area is 80.3 Å². The van der Waals surface area contributed by atoms with Crippen molar-refractivity contribution in [2.24, 2.45) is 0 Å². The quantitative estimate of drug-likeness (QED) is 0.424. The van der Waals surface area contributed by atoms with Gasteiger partial charge in [-0.2, -0.15) is 0 Å². The lowest BCUT2D eigenvalue weighted by Crippen LogP contribution is -2.45. The molecule has 1 fully saturated rings. The predicted molar refractivity (Wildman–Crippen MR) is 52.7 cm³/mol. The lowest BCUT2D eigenvalue weighted by molar-refractivity contribution is 0.0711. The molecule has 3 atom stereocenters. The third-order valence-corrected chi connectivity index (χ3v) is 2.42. The van der Waals surface area contributed by atoms with Crippen LogP contribution in [0.15, 0.2) is 0 Å². The molecular weight excluding hydrogens is 169 g/mol. The zero-order valence-corrected chi connectivity index (χ0v) is 8.58. The molecule has 0 aliphatic carbocycles. The normalized spacial score (nSPS) is 33.8. The van der Waals surface area contributed by atoms with E-state index < -0.39 is 0 Å². The maximum absolute atomic E-state index is 5.47. The van der Waals surface area contributed by atoms with Gasteiger partial charge >= 0.3 is 0 Å². The van der Waals surface area contributed by atoms with Gasteiger partial charge in [0.1, 0.15) is 7.85 Å². The summed E-state index contributed by atoms with van der Waals surface area (Å²) in [5.41, 5.74) is 0. The largest absolute Gasteiger partial charge is 0.383 e. The van der Waals surface area contributed by atoms with E-state index in [-0.39, 0.29) is 12.1 Å². The summed E-state index contributed by atoms with van der Waals surface area (Å²) >= 11 is 0. The molecule has 0 amide bonds. The molecule has 0 aromatic carbocycles. The van der Waals surface area contributed by atoms with Gasteiger partial charge in [0, 0.05) is 26.8 Å². The average Bonchev–Trinajstić information content (AvgIpc) is 2.48. The van der Waals surface area contributed by atoms with Crippen molar-refractivity contribution in [1.29, 1.82) is 0 Å². The molecule has 5 heteroatoms. The third kappa shape index (κ3) is 2.95. The Bertz CT molecular complexity index is 147. The maximum Gasteiger partial charge on any atom is 0.141 e. The highest BCUT2D eigenvalue weighted by Gasteiger charge is 2.33. The lowest BCUT2D eigenvalue weighted by atomic mass is 9.91. The fourth-order valence-electron chi connectivity index (χ4n) is 1.60. The van der Waals surface area contributed by atoms with E-state index >= 15 is 0 Å². The first-order valence-corrected chi connectivity index (χ1v) is 4.66. The molecule has 1 N–H and O–H groups in total. The summed E-state index contributed by atoms with van der Waals surface area (Å²) in [7, 11) is 5.48. The van der Waals surface area contributed by atoms with E-state index in [4.69, 9.17) is 14.2 Å². The summed E-state index contributed by atoms with van der Waals surface area (Å²) in [6.07, 6.45) is 0.173. The van der Waals surface area contributed by atoms with Crippen molar-refractivity contribution in [1.82, 2.24) is 5.32 Å². The monoisotopic (exact) mass is 187 g/mol. The minimum atomic E-state index is 0.173. The van der Waals surface area contributed by atoms with Crippen LogP contribution in [0.2, 0.25) is 0 Å². The minimum absolute atomic E-state index is 0.173. The second-order valence-corrected chi connectivity index (χ2v) is 3.29. The molecule has 1 unspecified atom stereocenters. The molecular formula is C8H18BNO3. The molecule has 0 aromatic rings. The first-order chi connectivity index (χ1) is 6.29. The molecule has 13 heavy (non-hydrogen) atoms. The number of hydrogen-bond donors (Lipinski definition) is 1.